The van der Waals surface area contributed by atoms with E-state index >= 15 is 0 Å². The lowest BCUT2D eigenvalue weighted by Crippen LogP contribution is -2.53. The Morgan fingerprint density at radius 2 is 1.93 bits per heavy atom. The predicted octanol–water partition coefficient (Wildman–Crippen LogP) is 2.31. The number of amides is 1. The summed E-state index contributed by atoms with van der Waals surface area (Å²) in [6.07, 6.45) is 1.03. The van der Waals surface area contributed by atoms with Crippen molar-refractivity contribution in [3.8, 4) is 0 Å². The van der Waals surface area contributed by atoms with E-state index in [9.17, 15) is 4.79 Å². The number of aromatic nitrogens is 4. The van der Waals surface area contributed by atoms with Crippen LogP contribution in [-0.4, -0.2) is 49.0 Å². The Morgan fingerprint density at radius 3 is 2.71 bits per heavy atom. The van der Waals surface area contributed by atoms with Gasteiger partial charge >= 0.3 is 0 Å². The Kier molecular flexibility index (Phi) is 4.63. The summed E-state index contributed by atoms with van der Waals surface area (Å²) in [6, 6.07) is 10.5. The van der Waals surface area contributed by atoms with Crippen molar-refractivity contribution in [3.05, 3.63) is 58.7 Å². The van der Waals surface area contributed by atoms with Crippen molar-refractivity contribution < 1.29 is 4.79 Å². The predicted molar refractivity (Wildman–Crippen MR) is 107 cm³/mol. The quantitative estimate of drug-likeness (QED) is 0.754. The van der Waals surface area contributed by atoms with Crippen molar-refractivity contribution >= 4 is 11.7 Å². The third kappa shape index (κ3) is 3.49. The molecule has 1 aliphatic rings. The maximum Gasteiger partial charge on any atom is 0.291 e. The Bertz CT molecular complexity index is 1040. The van der Waals surface area contributed by atoms with Crippen LogP contribution in [-0.2, 0) is 13.0 Å². The summed E-state index contributed by atoms with van der Waals surface area (Å²) >= 11 is 0. The number of carbonyl (C=O) groups excluding carboxylic acids is 1. The third-order valence-electron chi connectivity index (χ3n) is 5.49. The van der Waals surface area contributed by atoms with E-state index < -0.39 is 0 Å². The van der Waals surface area contributed by atoms with Gasteiger partial charge in [0.1, 0.15) is 0 Å². The van der Waals surface area contributed by atoms with Crippen LogP contribution in [0.5, 0.6) is 0 Å². The smallest absolute Gasteiger partial charge is 0.291 e. The lowest BCUT2D eigenvalue weighted by Gasteiger charge is -2.41. The summed E-state index contributed by atoms with van der Waals surface area (Å²) in [6.45, 7) is 10.6. The van der Waals surface area contributed by atoms with Crippen LogP contribution >= 0.6 is 0 Å². The molecular formula is C21H26N6O. The summed E-state index contributed by atoms with van der Waals surface area (Å²) in [5.41, 5.74) is 4.38. The lowest BCUT2D eigenvalue weighted by atomic mass is 9.94. The van der Waals surface area contributed by atoms with E-state index in [1.54, 1.807) is 4.52 Å². The molecule has 2 aromatic heterocycles. The molecule has 0 atom stereocenters. The van der Waals surface area contributed by atoms with Crippen LogP contribution in [0.2, 0.25) is 0 Å². The van der Waals surface area contributed by atoms with Crippen molar-refractivity contribution in [2.75, 3.05) is 13.1 Å². The van der Waals surface area contributed by atoms with Gasteiger partial charge in [-0.05, 0) is 51.3 Å². The van der Waals surface area contributed by atoms with Gasteiger partial charge in [0.05, 0.1) is 0 Å². The van der Waals surface area contributed by atoms with Crippen LogP contribution in [0.3, 0.4) is 0 Å². The summed E-state index contributed by atoms with van der Waals surface area (Å²) in [5, 5.41) is 7.32. The molecule has 3 aromatic rings. The van der Waals surface area contributed by atoms with E-state index in [1.807, 2.05) is 19.9 Å². The summed E-state index contributed by atoms with van der Waals surface area (Å²) < 4.78 is 1.61. The molecule has 0 radical (unpaired) electrons. The molecule has 28 heavy (non-hydrogen) atoms. The molecule has 1 amide bonds. The average Bonchev–Trinajstić information content (AvgIpc) is 3.10. The summed E-state index contributed by atoms with van der Waals surface area (Å²) in [7, 11) is 0. The first kappa shape index (κ1) is 18.6. The maximum absolute atomic E-state index is 12.6. The zero-order chi connectivity index (χ0) is 19.9. The number of aryl methyl sites for hydroxylation is 2. The van der Waals surface area contributed by atoms with Crippen LogP contribution in [0.4, 0.5) is 0 Å². The number of benzene rings is 1. The standard InChI is InChI=1S/C21H26N6O/c1-14-11-15(2)27-20(23-14)24-18(25-27)19(28)22-13-21(3,4)26-10-9-16-7-5-6-8-17(16)12-26/h5-8,11H,9-10,12-13H2,1-4H3,(H,22,28). The molecule has 0 aliphatic carbocycles. The van der Waals surface area contributed by atoms with E-state index in [-0.39, 0.29) is 17.3 Å². The van der Waals surface area contributed by atoms with E-state index in [0.29, 0.717) is 12.3 Å². The number of nitrogens with zero attached hydrogens (tertiary/aromatic N) is 5. The first-order valence-electron chi connectivity index (χ1n) is 9.64. The van der Waals surface area contributed by atoms with E-state index in [1.165, 1.54) is 11.1 Å². The molecule has 0 saturated carbocycles. The molecular weight excluding hydrogens is 352 g/mol. The second-order valence-electron chi connectivity index (χ2n) is 8.12. The van der Waals surface area contributed by atoms with Gasteiger partial charge < -0.3 is 5.32 Å². The molecule has 0 unspecified atom stereocenters. The van der Waals surface area contributed by atoms with Gasteiger partial charge in [-0.1, -0.05) is 24.3 Å². The zero-order valence-electron chi connectivity index (χ0n) is 16.9. The van der Waals surface area contributed by atoms with Crippen molar-refractivity contribution in [2.45, 2.75) is 46.2 Å². The van der Waals surface area contributed by atoms with E-state index in [4.69, 9.17) is 0 Å². The molecule has 4 rings (SSSR count). The van der Waals surface area contributed by atoms with Crippen LogP contribution < -0.4 is 5.32 Å². The minimum absolute atomic E-state index is 0.154. The molecule has 0 fully saturated rings. The van der Waals surface area contributed by atoms with Crippen LogP contribution in [0.1, 0.15) is 47.0 Å². The number of rotatable bonds is 4. The summed E-state index contributed by atoms with van der Waals surface area (Å²) in [5.74, 6) is 0.337. The number of fused-ring (bicyclic) bond motifs is 2. The number of carbonyl (C=O) groups is 1. The van der Waals surface area contributed by atoms with E-state index in [0.717, 1.165) is 30.9 Å². The van der Waals surface area contributed by atoms with Gasteiger partial charge in [-0.2, -0.15) is 4.98 Å². The fourth-order valence-corrected chi connectivity index (χ4v) is 3.76. The molecule has 0 spiro atoms. The third-order valence-corrected chi connectivity index (χ3v) is 5.49. The normalized spacial score (nSPS) is 14.9. The highest BCUT2D eigenvalue weighted by Gasteiger charge is 2.30. The SMILES string of the molecule is Cc1cc(C)n2nc(C(=O)NCC(C)(C)N3CCc4ccccc4C3)nc2n1. The monoisotopic (exact) mass is 378 g/mol. The second-order valence-corrected chi connectivity index (χ2v) is 8.12. The number of hydrogen-bond donors (Lipinski definition) is 1. The molecule has 1 aromatic carbocycles. The van der Waals surface area contributed by atoms with Gasteiger partial charge in [-0.3, -0.25) is 9.69 Å². The zero-order valence-corrected chi connectivity index (χ0v) is 16.9. The first-order chi connectivity index (χ1) is 13.3. The molecule has 3 heterocycles. The van der Waals surface area contributed by atoms with Gasteiger partial charge in [0.2, 0.25) is 5.82 Å². The lowest BCUT2D eigenvalue weighted by molar-refractivity contribution is 0.0818. The second kappa shape index (κ2) is 6.98. The highest BCUT2D eigenvalue weighted by atomic mass is 16.2. The van der Waals surface area contributed by atoms with E-state index in [2.05, 4.69) is 63.4 Å². The van der Waals surface area contributed by atoms with Gasteiger partial charge in [-0.15, -0.1) is 5.10 Å². The maximum atomic E-state index is 12.6. The van der Waals surface area contributed by atoms with Crippen molar-refractivity contribution in [1.29, 1.82) is 0 Å². The fourth-order valence-electron chi connectivity index (χ4n) is 3.76. The Morgan fingerprint density at radius 1 is 1.18 bits per heavy atom. The summed E-state index contributed by atoms with van der Waals surface area (Å²) in [4.78, 5) is 23.7. The number of nitrogens with one attached hydrogen (secondary N) is 1. The number of hydrogen-bond acceptors (Lipinski definition) is 5. The molecule has 0 saturated heterocycles. The molecule has 146 valence electrons. The Hall–Kier alpha value is -2.80. The Labute approximate surface area is 164 Å². The first-order valence-corrected chi connectivity index (χ1v) is 9.64. The highest BCUT2D eigenvalue weighted by Crippen LogP contribution is 2.25. The van der Waals surface area contributed by atoms with Crippen molar-refractivity contribution in [3.63, 3.8) is 0 Å². The van der Waals surface area contributed by atoms with Crippen LogP contribution in [0, 0.1) is 13.8 Å². The van der Waals surface area contributed by atoms with Gasteiger partial charge in [0, 0.05) is 36.6 Å². The van der Waals surface area contributed by atoms with Crippen LogP contribution in [0.25, 0.3) is 5.78 Å². The van der Waals surface area contributed by atoms with Gasteiger partial charge in [0.25, 0.3) is 11.7 Å². The minimum Gasteiger partial charge on any atom is -0.347 e. The van der Waals surface area contributed by atoms with Crippen molar-refractivity contribution in [1.82, 2.24) is 29.8 Å². The molecule has 7 heteroatoms. The molecule has 1 N–H and O–H groups in total. The fraction of sp³-hybridized carbons (Fsp3) is 0.429. The topological polar surface area (TPSA) is 75.4 Å². The molecule has 1 aliphatic heterocycles. The van der Waals surface area contributed by atoms with Gasteiger partial charge in [-0.25, -0.2) is 9.50 Å². The van der Waals surface area contributed by atoms with Crippen LogP contribution in [0.15, 0.2) is 30.3 Å². The average molecular weight is 378 g/mol. The van der Waals surface area contributed by atoms with Crippen molar-refractivity contribution in [2.24, 2.45) is 0 Å². The molecule has 0 bridgehead atoms. The highest BCUT2D eigenvalue weighted by molar-refractivity contribution is 5.90. The Balaban J connectivity index is 1.45. The minimum atomic E-state index is -0.270. The largest absolute Gasteiger partial charge is 0.347 e. The molecule has 7 nitrogen and oxygen atoms in total. The van der Waals surface area contributed by atoms with Gasteiger partial charge in [0.15, 0.2) is 0 Å².